The first kappa shape index (κ1) is 18.5. The fraction of sp³-hybridized carbons (Fsp3) is 0.333. The van der Waals surface area contributed by atoms with Crippen molar-refractivity contribution in [3.63, 3.8) is 0 Å². The van der Waals surface area contributed by atoms with Crippen LogP contribution in [0.4, 0.5) is 0 Å². The molecule has 144 valence electrons. The molecule has 1 aliphatic rings. The molecular formula is C24H27N3O. The van der Waals surface area contributed by atoms with Crippen LogP contribution < -0.4 is 0 Å². The summed E-state index contributed by atoms with van der Waals surface area (Å²) in [6.45, 7) is 3.09. The number of carbonyl (C=O) groups is 1. The van der Waals surface area contributed by atoms with Crippen LogP contribution in [-0.4, -0.2) is 33.2 Å². The molecule has 2 unspecified atom stereocenters. The van der Waals surface area contributed by atoms with Gasteiger partial charge in [0.05, 0.1) is 18.3 Å². The molecule has 2 heterocycles. The largest absolute Gasteiger partial charge is 0.339 e. The van der Waals surface area contributed by atoms with E-state index in [1.54, 1.807) is 0 Å². The van der Waals surface area contributed by atoms with E-state index >= 15 is 0 Å². The van der Waals surface area contributed by atoms with Crippen LogP contribution in [0.1, 0.15) is 43.2 Å². The Kier molecular flexibility index (Phi) is 5.56. The number of likely N-dealkylation sites (tertiary alicyclic amines) is 1. The molecule has 0 saturated carbocycles. The summed E-state index contributed by atoms with van der Waals surface area (Å²) in [5, 5.41) is 4.43. The molecule has 1 amide bonds. The number of nitrogens with zero attached hydrogens (tertiary/aromatic N) is 3. The highest BCUT2D eigenvalue weighted by Gasteiger charge is 2.34. The van der Waals surface area contributed by atoms with Crippen molar-refractivity contribution >= 4 is 5.91 Å². The third kappa shape index (κ3) is 3.86. The molecule has 4 heteroatoms. The van der Waals surface area contributed by atoms with Crippen LogP contribution >= 0.6 is 0 Å². The topological polar surface area (TPSA) is 38.1 Å². The van der Waals surface area contributed by atoms with Crippen LogP contribution in [0, 0.1) is 0 Å². The van der Waals surface area contributed by atoms with Gasteiger partial charge in [-0.2, -0.15) is 5.10 Å². The van der Waals surface area contributed by atoms with Gasteiger partial charge >= 0.3 is 0 Å². The van der Waals surface area contributed by atoms with Gasteiger partial charge < -0.3 is 4.90 Å². The highest BCUT2D eigenvalue weighted by molar-refractivity contribution is 5.79. The molecule has 1 aromatic heterocycles. The summed E-state index contributed by atoms with van der Waals surface area (Å²) >= 11 is 0. The minimum Gasteiger partial charge on any atom is -0.339 e. The van der Waals surface area contributed by atoms with E-state index in [0.717, 1.165) is 37.1 Å². The Morgan fingerprint density at radius 1 is 1.11 bits per heavy atom. The van der Waals surface area contributed by atoms with E-state index < -0.39 is 0 Å². The van der Waals surface area contributed by atoms with E-state index in [1.807, 2.05) is 47.4 Å². The third-order valence-corrected chi connectivity index (χ3v) is 5.76. The quantitative estimate of drug-likeness (QED) is 0.633. The molecule has 3 aromatic rings. The number of amides is 1. The van der Waals surface area contributed by atoms with E-state index in [-0.39, 0.29) is 5.91 Å². The van der Waals surface area contributed by atoms with E-state index in [0.29, 0.717) is 18.4 Å². The molecule has 0 spiro atoms. The summed E-state index contributed by atoms with van der Waals surface area (Å²) in [4.78, 5) is 15.2. The Morgan fingerprint density at radius 2 is 1.82 bits per heavy atom. The van der Waals surface area contributed by atoms with Crippen molar-refractivity contribution in [3.8, 4) is 5.69 Å². The van der Waals surface area contributed by atoms with Crippen molar-refractivity contribution in [2.75, 3.05) is 6.54 Å². The van der Waals surface area contributed by atoms with Crippen LogP contribution in [0.25, 0.3) is 5.69 Å². The van der Waals surface area contributed by atoms with E-state index in [1.165, 1.54) is 5.56 Å². The summed E-state index contributed by atoms with van der Waals surface area (Å²) < 4.78 is 1.84. The standard InChI is InChI=1S/C24H27N3O/c1-2-22(20-10-5-3-6-11-20)23-14-9-15-26(23)24(28)16-19-17-25-27(18-19)21-12-7-4-8-13-21/h3-8,10-13,17-18,22-23H,2,9,14-16H2,1H3. The van der Waals surface area contributed by atoms with Gasteiger partial charge in [0.15, 0.2) is 0 Å². The molecule has 4 nitrogen and oxygen atoms in total. The van der Waals surface area contributed by atoms with Crippen LogP contribution in [0.2, 0.25) is 0 Å². The molecule has 0 bridgehead atoms. The van der Waals surface area contributed by atoms with Gasteiger partial charge in [-0.25, -0.2) is 4.68 Å². The minimum absolute atomic E-state index is 0.212. The van der Waals surface area contributed by atoms with Crippen molar-refractivity contribution in [2.45, 2.75) is 44.6 Å². The summed E-state index contributed by atoms with van der Waals surface area (Å²) in [6, 6.07) is 20.9. The maximum absolute atomic E-state index is 13.1. The molecular weight excluding hydrogens is 346 g/mol. The van der Waals surface area contributed by atoms with Crippen molar-refractivity contribution in [1.82, 2.24) is 14.7 Å². The predicted molar refractivity (Wildman–Crippen MR) is 111 cm³/mol. The summed E-state index contributed by atoms with van der Waals surface area (Å²) in [5.74, 6) is 0.615. The Labute approximate surface area is 166 Å². The lowest BCUT2D eigenvalue weighted by Gasteiger charge is -2.31. The highest BCUT2D eigenvalue weighted by Crippen LogP contribution is 2.33. The predicted octanol–water partition coefficient (Wildman–Crippen LogP) is 4.60. The second-order valence-corrected chi connectivity index (χ2v) is 7.53. The monoisotopic (exact) mass is 373 g/mol. The molecule has 0 radical (unpaired) electrons. The van der Waals surface area contributed by atoms with Crippen LogP contribution in [0.15, 0.2) is 73.1 Å². The zero-order chi connectivity index (χ0) is 19.3. The number of hydrogen-bond acceptors (Lipinski definition) is 2. The smallest absolute Gasteiger partial charge is 0.227 e. The van der Waals surface area contributed by atoms with Gasteiger partial charge in [-0.1, -0.05) is 55.5 Å². The molecule has 1 aliphatic heterocycles. The van der Waals surface area contributed by atoms with Gasteiger partial charge in [-0.15, -0.1) is 0 Å². The van der Waals surface area contributed by atoms with E-state index in [9.17, 15) is 4.79 Å². The zero-order valence-corrected chi connectivity index (χ0v) is 16.4. The Bertz CT molecular complexity index is 904. The SMILES string of the molecule is CCC(c1ccccc1)C1CCCN1C(=O)Cc1cnn(-c2ccccc2)c1. The third-order valence-electron chi connectivity index (χ3n) is 5.76. The van der Waals surface area contributed by atoms with E-state index in [2.05, 4.69) is 47.3 Å². The Morgan fingerprint density at radius 3 is 2.54 bits per heavy atom. The van der Waals surface area contributed by atoms with Crippen LogP contribution in [0.5, 0.6) is 0 Å². The molecule has 2 aromatic carbocycles. The molecule has 1 saturated heterocycles. The molecule has 4 rings (SSSR count). The fourth-order valence-corrected chi connectivity index (χ4v) is 4.40. The van der Waals surface area contributed by atoms with Gasteiger partial charge in [-0.3, -0.25) is 4.79 Å². The molecule has 2 atom stereocenters. The molecule has 0 aliphatic carbocycles. The average Bonchev–Trinajstić information content (AvgIpc) is 3.40. The number of benzene rings is 2. The zero-order valence-electron chi connectivity index (χ0n) is 16.4. The van der Waals surface area contributed by atoms with Gasteiger partial charge in [-0.05, 0) is 42.5 Å². The number of para-hydroxylation sites is 1. The Hall–Kier alpha value is -2.88. The lowest BCUT2D eigenvalue weighted by Crippen LogP contribution is -2.40. The summed E-state index contributed by atoms with van der Waals surface area (Å²) in [6.07, 6.45) is 7.40. The van der Waals surface area contributed by atoms with Crippen molar-refractivity contribution in [1.29, 1.82) is 0 Å². The fourth-order valence-electron chi connectivity index (χ4n) is 4.40. The van der Waals surface area contributed by atoms with Gasteiger partial charge in [0.25, 0.3) is 0 Å². The molecule has 1 fully saturated rings. The lowest BCUT2D eigenvalue weighted by atomic mass is 9.87. The van der Waals surface area contributed by atoms with E-state index in [4.69, 9.17) is 0 Å². The average molecular weight is 373 g/mol. The van der Waals surface area contributed by atoms with Gasteiger partial charge in [0.2, 0.25) is 5.91 Å². The first-order chi connectivity index (χ1) is 13.8. The second kappa shape index (κ2) is 8.42. The minimum atomic E-state index is 0.212. The van der Waals surface area contributed by atoms with Crippen molar-refractivity contribution in [3.05, 3.63) is 84.2 Å². The molecule has 28 heavy (non-hydrogen) atoms. The first-order valence-electron chi connectivity index (χ1n) is 10.2. The van der Waals surface area contributed by atoms with Gasteiger partial charge in [0.1, 0.15) is 0 Å². The Balaban J connectivity index is 1.47. The highest BCUT2D eigenvalue weighted by atomic mass is 16.2. The van der Waals surface area contributed by atoms with Crippen molar-refractivity contribution < 1.29 is 4.79 Å². The normalized spacial score (nSPS) is 17.6. The number of carbonyl (C=O) groups excluding carboxylic acids is 1. The van der Waals surface area contributed by atoms with Crippen LogP contribution in [0.3, 0.4) is 0 Å². The molecule has 0 N–H and O–H groups in total. The maximum atomic E-state index is 13.1. The van der Waals surface area contributed by atoms with Crippen molar-refractivity contribution in [2.24, 2.45) is 0 Å². The lowest BCUT2D eigenvalue weighted by molar-refractivity contribution is -0.131. The van der Waals surface area contributed by atoms with Crippen LogP contribution in [-0.2, 0) is 11.2 Å². The first-order valence-corrected chi connectivity index (χ1v) is 10.2. The number of hydrogen-bond donors (Lipinski definition) is 0. The number of rotatable bonds is 6. The second-order valence-electron chi connectivity index (χ2n) is 7.53. The maximum Gasteiger partial charge on any atom is 0.227 e. The summed E-state index contributed by atoms with van der Waals surface area (Å²) in [7, 11) is 0. The van der Waals surface area contributed by atoms with Gasteiger partial charge in [0, 0.05) is 24.7 Å². The summed E-state index contributed by atoms with van der Waals surface area (Å²) in [5.41, 5.74) is 3.31. The number of aromatic nitrogens is 2.